The molecule has 2 amide bonds. The molecule has 2 aromatic rings. The van der Waals surface area contributed by atoms with E-state index in [0.29, 0.717) is 36.1 Å². The zero-order chi connectivity index (χ0) is 23.8. The second-order valence-corrected chi connectivity index (χ2v) is 10.6. The van der Waals surface area contributed by atoms with Crippen molar-refractivity contribution >= 4 is 11.8 Å². The SMILES string of the molecule is COCCCc1cccc(C(=O)NC23CC4CC(CC(NC(=O)c5cccc(F)c5)(C4)C2)C3)n1. The summed E-state index contributed by atoms with van der Waals surface area (Å²) in [6.07, 6.45) is 7.15. The molecule has 4 aliphatic carbocycles. The van der Waals surface area contributed by atoms with Crippen molar-refractivity contribution in [2.45, 2.75) is 62.4 Å². The highest BCUT2D eigenvalue weighted by molar-refractivity contribution is 5.95. The number of aromatic nitrogens is 1. The van der Waals surface area contributed by atoms with Gasteiger partial charge in [-0.25, -0.2) is 9.37 Å². The van der Waals surface area contributed by atoms with Crippen LogP contribution < -0.4 is 10.6 Å². The van der Waals surface area contributed by atoms with Gasteiger partial charge in [0, 0.05) is 36.1 Å². The molecular weight excluding hydrogens is 433 g/mol. The third-order valence-corrected chi connectivity index (χ3v) is 7.73. The van der Waals surface area contributed by atoms with Crippen LogP contribution in [0.3, 0.4) is 0 Å². The first-order chi connectivity index (χ1) is 16.4. The molecule has 6 rings (SSSR count). The topological polar surface area (TPSA) is 80.3 Å². The van der Waals surface area contributed by atoms with Crippen molar-refractivity contribution in [3.05, 3.63) is 65.2 Å². The maximum absolute atomic E-state index is 13.7. The van der Waals surface area contributed by atoms with Gasteiger partial charge < -0.3 is 15.4 Å². The maximum Gasteiger partial charge on any atom is 0.270 e. The molecular formula is C27H32FN3O3. The first-order valence-electron chi connectivity index (χ1n) is 12.2. The number of pyridine rings is 1. The third kappa shape index (κ3) is 4.71. The average Bonchev–Trinajstić information content (AvgIpc) is 2.78. The van der Waals surface area contributed by atoms with Crippen molar-refractivity contribution in [2.75, 3.05) is 13.7 Å². The van der Waals surface area contributed by atoms with Gasteiger partial charge in [-0.3, -0.25) is 9.59 Å². The van der Waals surface area contributed by atoms with E-state index in [9.17, 15) is 14.0 Å². The highest BCUT2D eigenvalue weighted by atomic mass is 19.1. The summed E-state index contributed by atoms with van der Waals surface area (Å²) in [5.74, 6) is 0.111. The molecule has 1 aromatic heterocycles. The summed E-state index contributed by atoms with van der Waals surface area (Å²) in [6, 6.07) is 11.4. The van der Waals surface area contributed by atoms with Gasteiger partial charge in [-0.15, -0.1) is 0 Å². The molecule has 1 heterocycles. The number of ether oxygens (including phenoxy) is 1. The Labute approximate surface area is 199 Å². The Hall–Kier alpha value is -2.80. The summed E-state index contributed by atoms with van der Waals surface area (Å²) in [5, 5.41) is 6.60. The van der Waals surface area contributed by atoms with Crippen LogP contribution in [-0.4, -0.2) is 41.6 Å². The van der Waals surface area contributed by atoms with Gasteiger partial charge >= 0.3 is 0 Å². The van der Waals surface area contributed by atoms with E-state index < -0.39 is 5.82 Å². The number of carbonyl (C=O) groups is 2. The third-order valence-electron chi connectivity index (χ3n) is 7.73. The minimum atomic E-state index is -0.418. The standard InChI is InChI=1S/C27H32FN3O3/c1-34-10-4-8-22-7-3-9-23(29-22)25(33)31-27-15-18-11-19(16-27)14-26(13-18,17-27)30-24(32)20-5-2-6-21(28)12-20/h2-3,5-7,9,12,18-19H,4,8,10-11,13-17H2,1H3,(H,30,32)(H,31,33). The average molecular weight is 466 g/mol. The van der Waals surface area contributed by atoms with Gasteiger partial charge in [-0.2, -0.15) is 0 Å². The molecule has 2 N–H and O–H groups in total. The molecule has 0 spiro atoms. The van der Waals surface area contributed by atoms with Crippen LogP contribution in [0.15, 0.2) is 42.5 Å². The molecule has 2 unspecified atom stereocenters. The lowest BCUT2D eigenvalue weighted by molar-refractivity contribution is -0.0448. The number of rotatable bonds is 8. The molecule has 1 aromatic carbocycles. The largest absolute Gasteiger partial charge is 0.385 e. The normalized spacial score (nSPS) is 29.1. The number of halogens is 1. The van der Waals surface area contributed by atoms with Gasteiger partial charge in [-0.05, 0) is 93.5 Å². The van der Waals surface area contributed by atoms with Gasteiger partial charge in [0.15, 0.2) is 0 Å². The highest BCUT2D eigenvalue weighted by Crippen LogP contribution is 2.57. The van der Waals surface area contributed by atoms with Crippen molar-refractivity contribution in [3.8, 4) is 0 Å². The van der Waals surface area contributed by atoms with E-state index in [1.54, 1.807) is 25.3 Å². The fourth-order valence-electron chi connectivity index (χ4n) is 6.95. The Morgan fingerprint density at radius 2 is 1.71 bits per heavy atom. The highest BCUT2D eigenvalue weighted by Gasteiger charge is 2.58. The summed E-state index contributed by atoms with van der Waals surface area (Å²) in [4.78, 5) is 30.8. The molecule has 180 valence electrons. The summed E-state index contributed by atoms with van der Waals surface area (Å²) >= 11 is 0. The van der Waals surface area contributed by atoms with E-state index in [2.05, 4.69) is 15.6 Å². The van der Waals surface area contributed by atoms with Gasteiger partial charge in [0.2, 0.25) is 0 Å². The van der Waals surface area contributed by atoms with Crippen LogP contribution in [0.5, 0.6) is 0 Å². The van der Waals surface area contributed by atoms with Gasteiger partial charge in [0.05, 0.1) is 0 Å². The first-order valence-corrected chi connectivity index (χ1v) is 12.2. The summed E-state index contributed by atoms with van der Waals surface area (Å²) in [7, 11) is 1.68. The number of methoxy groups -OCH3 is 1. The lowest BCUT2D eigenvalue weighted by atomic mass is 9.49. The molecule has 0 aliphatic heterocycles. The second kappa shape index (κ2) is 9.10. The van der Waals surface area contributed by atoms with Gasteiger partial charge in [0.1, 0.15) is 11.5 Å². The number of aryl methyl sites for hydroxylation is 1. The minimum Gasteiger partial charge on any atom is -0.385 e. The zero-order valence-electron chi connectivity index (χ0n) is 19.6. The molecule has 7 heteroatoms. The van der Waals surface area contributed by atoms with Crippen LogP contribution in [-0.2, 0) is 11.2 Å². The van der Waals surface area contributed by atoms with E-state index in [0.717, 1.165) is 50.6 Å². The van der Waals surface area contributed by atoms with Crippen LogP contribution in [0.25, 0.3) is 0 Å². The second-order valence-electron chi connectivity index (χ2n) is 10.6. The number of amides is 2. The molecule has 4 saturated carbocycles. The molecule has 34 heavy (non-hydrogen) atoms. The van der Waals surface area contributed by atoms with Crippen molar-refractivity contribution in [1.82, 2.24) is 15.6 Å². The van der Waals surface area contributed by atoms with E-state index in [1.807, 2.05) is 12.1 Å². The van der Waals surface area contributed by atoms with Gasteiger partial charge in [-0.1, -0.05) is 12.1 Å². The van der Waals surface area contributed by atoms with Crippen LogP contribution >= 0.6 is 0 Å². The fraction of sp³-hybridized carbons (Fsp3) is 0.519. The maximum atomic E-state index is 13.7. The lowest BCUT2D eigenvalue weighted by Gasteiger charge is -2.62. The molecule has 4 aliphatic rings. The summed E-state index contributed by atoms with van der Waals surface area (Å²) < 4.78 is 18.8. The molecule has 6 nitrogen and oxygen atoms in total. The number of carbonyl (C=O) groups excluding carboxylic acids is 2. The Morgan fingerprint density at radius 3 is 2.38 bits per heavy atom. The quantitative estimate of drug-likeness (QED) is 0.577. The van der Waals surface area contributed by atoms with E-state index in [1.165, 1.54) is 12.1 Å². The Balaban J connectivity index is 1.31. The predicted molar refractivity (Wildman–Crippen MR) is 126 cm³/mol. The van der Waals surface area contributed by atoms with Crippen LogP contribution in [0.1, 0.15) is 71.5 Å². The minimum absolute atomic E-state index is 0.151. The van der Waals surface area contributed by atoms with Crippen molar-refractivity contribution in [1.29, 1.82) is 0 Å². The van der Waals surface area contributed by atoms with E-state index in [4.69, 9.17) is 4.74 Å². The smallest absolute Gasteiger partial charge is 0.270 e. The molecule has 2 atom stereocenters. The number of benzene rings is 1. The lowest BCUT2D eigenvalue weighted by Crippen LogP contribution is -2.69. The monoisotopic (exact) mass is 465 g/mol. The zero-order valence-corrected chi connectivity index (χ0v) is 19.6. The van der Waals surface area contributed by atoms with Crippen LogP contribution in [0, 0.1) is 17.7 Å². The number of nitrogens with one attached hydrogen (secondary N) is 2. The van der Waals surface area contributed by atoms with E-state index in [-0.39, 0.29) is 22.9 Å². The Kier molecular flexibility index (Phi) is 6.15. The van der Waals surface area contributed by atoms with Crippen molar-refractivity contribution in [3.63, 3.8) is 0 Å². The summed E-state index contributed by atoms with van der Waals surface area (Å²) in [5.41, 5.74) is 0.946. The molecule has 4 bridgehead atoms. The van der Waals surface area contributed by atoms with Crippen LogP contribution in [0.2, 0.25) is 0 Å². The Morgan fingerprint density at radius 1 is 1.03 bits per heavy atom. The molecule has 4 fully saturated rings. The molecule has 0 saturated heterocycles. The fourth-order valence-corrected chi connectivity index (χ4v) is 6.95. The summed E-state index contributed by atoms with van der Waals surface area (Å²) in [6.45, 7) is 0.660. The first kappa shape index (κ1) is 23.0. The molecule has 0 radical (unpaired) electrons. The van der Waals surface area contributed by atoms with Crippen molar-refractivity contribution < 1.29 is 18.7 Å². The number of hydrogen-bond donors (Lipinski definition) is 2. The number of nitrogens with zero attached hydrogens (tertiary/aromatic N) is 1. The number of hydrogen-bond acceptors (Lipinski definition) is 4. The van der Waals surface area contributed by atoms with Gasteiger partial charge in [0.25, 0.3) is 11.8 Å². The van der Waals surface area contributed by atoms with Crippen LogP contribution in [0.4, 0.5) is 4.39 Å². The van der Waals surface area contributed by atoms with Crippen molar-refractivity contribution in [2.24, 2.45) is 11.8 Å². The van der Waals surface area contributed by atoms with E-state index >= 15 is 0 Å². The Bertz CT molecular complexity index is 1070. The predicted octanol–water partition coefficient (Wildman–Crippen LogP) is 4.05.